The Bertz CT molecular complexity index is 631. The van der Waals surface area contributed by atoms with Crippen LogP contribution in [0.3, 0.4) is 0 Å². The Morgan fingerprint density at radius 2 is 2.00 bits per heavy atom. The fourth-order valence-electron chi connectivity index (χ4n) is 1.61. The molecule has 3 rings (SSSR count). The number of ether oxygens (including phenoxy) is 2. The molecule has 96 valence electrons. The minimum Gasteiger partial charge on any atom is -0.454 e. The van der Waals surface area contributed by atoms with E-state index in [-0.39, 0.29) is 23.5 Å². The molecule has 1 aromatic heterocycles. The van der Waals surface area contributed by atoms with Crippen molar-refractivity contribution in [3.05, 3.63) is 41.2 Å². The van der Waals surface area contributed by atoms with Crippen LogP contribution in [0.5, 0.6) is 11.5 Å². The molecular formula is C12H8ClN3O3. The van der Waals surface area contributed by atoms with E-state index < -0.39 is 0 Å². The molecule has 7 heteroatoms. The van der Waals surface area contributed by atoms with E-state index in [1.807, 2.05) is 0 Å². The van der Waals surface area contributed by atoms with Crippen molar-refractivity contribution in [2.45, 2.75) is 0 Å². The van der Waals surface area contributed by atoms with Crippen LogP contribution >= 0.6 is 11.6 Å². The van der Waals surface area contributed by atoms with Gasteiger partial charge in [0.05, 0.1) is 0 Å². The third kappa shape index (κ3) is 2.43. The van der Waals surface area contributed by atoms with Gasteiger partial charge in [-0.2, -0.15) is 0 Å². The maximum absolute atomic E-state index is 11.9. The summed E-state index contributed by atoms with van der Waals surface area (Å²) in [6.45, 7) is 0.190. The summed E-state index contributed by atoms with van der Waals surface area (Å²) in [5.74, 6) is 0.882. The van der Waals surface area contributed by atoms with Crippen LogP contribution in [0.1, 0.15) is 10.5 Å². The average Bonchev–Trinajstić information content (AvgIpc) is 2.87. The Balaban J connectivity index is 1.77. The van der Waals surface area contributed by atoms with Gasteiger partial charge in [-0.3, -0.25) is 4.79 Å². The Labute approximate surface area is 113 Å². The van der Waals surface area contributed by atoms with Crippen molar-refractivity contribution >= 4 is 23.2 Å². The number of hydrogen-bond donors (Lipinski definition) is 1. The normalized spacial score (nSPS) is 12.3. The van der Waals surface area contributed by atoms with Crippen molar-refractivity contribution < 1.29 is 14.3 Å². The van der Waals surface area contributed by atoms with Gasteiger partial charge in [0.2, 0.25) is 6.79 Å². The summed E-state index contributed by atoms with van der Waals surface area (Å²) < 4.78 is 10.4. The van der Waals surface area contributed by atoms with Gasteiger partial charge in [-0.15, -0.1) is 10.2 Å². The van der Waals surface area contributed by atoms with Gasteiger partial charge in [0, 0.05) is 11.8 Å². The molecule has 2 aromatic rings. The molecule has 1 aliphatic rings. The predicted molar refractivity (Wildman–Crippen MR) is 67.6 cm³/mol. The highest BCUT2D eigenvalue weighted by Gasteiger charge is 2.15. The first-order valence-corrected chi connectivity index (χ1v) is 5.80. The predicted octanol–water partition coefficient (Wildman–Crippen LogP) is 2.11. The number of fused-ring (bicyclic) bond motifs is 1. The zero-order chi connectivity index (χ0) is 13.2. The van der Waals surface area contributed by atoms with E-state index >= 15 is 0 Å². The van der Waals surface area contributed by atoms with Crippen molar-refractivity contribution in [1.29, 1.82) is 0 Å². The molecule has 0 aliphatic carbocycles. The van der Waals surface area contributed by atoms with E-state index in [9.17, 15) is 4.79 Å². The number of anilines is 1. The second kappa shape index (κ2) is 4.74. The van der Waals surface area contributed by atoms with Crippen LogP contribution in [-0.4, -0.2) is 22.9 Å². The van der Waals surface area contributed by atoms with Gasteiger partial charge >= 0.3 is 0 Å². The Kier molecular flexibility index (Phi) is 2.92. The average molecular weight is 278 g/mol. The summed E-state index contributed by atoms with van der Waals surface area (Å²) in [7, 11) is 0. The molecule has 1 N–H and O–H groups in total. The van der Waals surface area contributed by atoms with Crippen LogP contribution in [0.4, 0.5) is 5.69 Å². The number of rotatable bonds is 2. The van der Waals surface area contributed by atoms with E-state index in [1.165, 1.54) is 12.1 Å². The highest BCUT2D eigenvalue weighted by Crippen LogP contribution is 2.34. The molecule has 0 atom stereocenters. The summed E-state index contributed by atoms with van der Waals surface area (Å²) in [4.78, 5) is 11.9. The van der Waals surface area contributed by atoms with Crippen LogP contribution < -0.4 is 14.8 Å². The van der Waals surface area contributed by atoms with Crippen molar-refractivity contribution in [2.75, 3.05) is 12.1 Å². The monoisotopic (exact) mass is 277 g/mol. The minimum absolute atomic E-state index is 0.182. The summed E-state index contributed by atoms with van der Waals surface area (Å²) >= 11 is 5.60. The minimum atomic E-state index is -0.372. The third-order valence-corrected chi connectivity index (χ3v) is 2.70. The van der Waals surface area contributed by atoms with E-state index in [0.717, 1.165) is 0 Å². The van der Waals surface area contributed by atoms with Crippen LogP contribution in [-0.2, 0) is 0 Å². The SMILES string of the molecule is O=C(Nc1ccc2c(c1)OCO2)c1ccc(Cl)nn1. The summed E-state index contributed by atoms with van der Waals surface area (Å²) in [5.41, 5.74) is 0.771. The van der Waals surface area contributed by atoms with Gasteiger partial charge in [0.1, 0.15) is 0 Å². The molecule has 0 unspecified atom stereocenters. The van der Waals surface area contributed by atoms with Crippen molar-refractivity contribution in [3.8, 4) is 11.5 Å². The quantitative estimate of drug-likeness (QED) is 0.910. The second-order valence-electron chi connectivity index (χ2n) is 3.76. The molecular weight excluding hydrogens is 270 g/mol. The number of hydrogen-bond acceptors (Lipinski definition) is 5. The molecule has 0 fully saturated rings. The first kappa shape index (κ1) is 11.7. The number of benzene rings is 1. The van der Waals surface area contributed by atoms with E-state index in [2.05, 4.69) is 15.5 Å². The van der Waals surface area contributed by atoms with E-state index in [4.69, 9.17) is 21.1 Å². The third-order valence-electron chi connectivity index (χ3n) is 2.50. The lowest BCUT2D eigenvalue weighted by Gasteiger charge is -2.05. The molecule has 0 saturated carbocycles. The molecule has 0 bridgehead atoms. The van der Waals surface area contributed by atoms with Gasteiger partial charge in [-0.05, 0) is 24.3 Å². The number of nitrogens with one attached hydrogen (secondary N) is 1. The molecule has 19 heavy (non-hydrogen) atoms. The summed E-state index contributed by atoms with van der Waals surface area (Å²) in [6, 6.07) is 8.13. The fraction of sp³-hybridized carbons (Fsp3) is 0.0833. The standard InChI is InChI=1S/C12H8ClN3O3/c13-11-4-2-8(15-16-11)12(17)14-7-1-3-9-10(5-7)19-6-18-9/h1-5H,6H2,(H,14,17). The molecule has 0 radical (unpaired) electrons. The lowest BCUT2D eigenvalue weighted by molar-refractivity contribution is 0.102. The zero-order valence-corrected chi connectivity index (χ0v) is 10.3. The number of carbonyl (C=O) groups excluding carboxylic acids is 1. The summed E-state index contributed by atoms with van der Waals surface area (Å²) in [6.07, 6.45) is 0. The number of carbonyl (C=O) groups is 1. The molecule has 1 aromatic carbocycles. The number of halogens is 1. The first-order chi connectivity index (χ1) is 9.22. The number of amides is 1. The lowest BCUT2D eigenvalue weighted by Crippen LogP contribution is -2.14. The smallest absolute Gasteiger partial charge is 0.276 e. The molecule has 0 saturated heterocycles. The highest BCUT2D eigenvalue weighted by molar-refractivity contribution is 6.29. The van der Waals surface area contributed by atoms with Crippen molar-refractivity contribution in [3.63, 3.8) is 0 Å². The van der Waals surface area contributed by atoms with Crippen LogP contribution in [0.2, 0.25) is 5.15 Å². The van der Waals surface area contributed by atoms with Crippen LogP contribution in [0, 0.1) is 0 Å². The van der Waals surface area contributed by atoms with Gasteiger partial charge in [0.15, 0.2) is 22.3 Å². The van der Waals surface area contributed by atoms with Crippen LogP contribution in [0.25, 0.3) is 0 Å². The Morgan fingerprint density at radius 1 is 1.16 bits per heavy atom. The molecule has 0 spiro atoms. The van der Waals surface area contributed by atoms with Gasteiger partial charge in [-0.1, -0.05) is 11.6 Å². The fourth-order valence-corrected chi connectivity index (χ4v) is 1.71. The molecule has 6 nitrogen and oxygen atoms in total. The Hall–Kier alpha value is -2.34. The molecule has 1 aliphatic heterocycles. The zero-order valence-electron chi connectivity index (χ0n) is 9.59. The Morgan fingerprint density at radius 3 is 2.79 bits per heavy atom. The summed E-state index contributed by atoms with van der Waals surface area (Å²) in [5, 5.41) is 10.2. The maximum Gasteiger partial charge on any atom is 0.276 e. The topological polar surface area (TPSA) is 73.3 Å². The maximum atomic E-state index is 11.9. The van der Waals surface area contributed by atoms with E-state index in [1.54, 1.807) is 18.2 Å². The second-order valence-corrected chi connectivity index (χ2v) is 4.15. The first-order valence-electron chi connectivity index (χ1n) is 5.42. The van der Waals surface area contributed by atoms with Gasteiger partial charge in [-0.25, -0.2) is 0 Å². The number of nitrogens with zero attached hydrogens (tertiary/aromatic N) is 2. The van der Waals surface area contributed by atoms with E-state index in [0.29, 0.717) is 17.2 Å². The van der Waals surface area contributed by atoms with Crippen molar-refractivity contribution in [2.24, 2.45) is 0 Å². The lowest BCUT2D eigenvalue weighted by atomic mass is 10.2. The van der Waals surface area contributed by atoms with Crippen LogP contribution in [0.15, 0.2) is 30.3 Å². The molecule has 2 heterocycles. The molecule has 1 amide bonds. The largest absolute Gasteiger partial charge is 0.454 e. The highest BCUT2D eigenvalue weighted by atomic mass is 35.5. The van der Waals surface area contributed by atoms with Crippen molar-refractivity contribution in [1.82, 2.24) is 10.2 Å². The van der Waals surface area contributed by atoms with Gasteiger partial charge < -0.3 is 14.8 Å². The van der Waals surface area contributed by atoms with Gasteiger partial charge in [0.25, 0.3) is 5.91 Å². The number of aromatic nitrogens is 2.